The lowest BCUT2D eigenvalue weighted by molar-refractivity contribution is 0.384. The quantitative estimate of drug-likeness (QED) is 0.727. The van der Waals surface area contributed by atoms with Crippen molar-refractivity contribution in [3.8, 4) is 0 Å². The maximum absolute atomic E-state index is 3.69. The minimum absolute atomic E-state index is 0.0676. The normalized spacial score (nSPS) is 12.4. The molecule has 2 aromatic rings. The van der Waals surface area contributed by atoms with Crippen LogP contribution in [-0.4, -0.2) is 17.6 Å². The van der Waals surface area contributed by atoms with E-state index < -0.39 is 0 Å². The first-order chi connectivity index (χ1) is 11.7. The summed E-state index contributed by atoms with van der Waals surface area (Å²) >= 11 is 0. The first kappa shape index (κ1) is 19.7. The molecule has 0 unspecified atom stereocenters. The third-order valence-electron chi connectivity index (χ3n) is 4.32. The summed E-state index contributed by atoms with van der Waals surface area (Å²) in [6, 6.07) is 19.6. The van der Waals surface area contributed by atoms with Crippen LogP contribution in [-0.2, 0) is 19.4 Å². The molecule has 2 nitrogen and oxygen atoms in total. The SMILES string of the molecule is CC(C)(C)NCCc1cccc(CC(C)(C)NCc2ccccc2)c1. The lowest BCUT2D eigenvalue weighted by atomic mass is 9.93. The number of nitrogens with one attached hydrogen (secondary N) is 2. The van der Waals surface area contributed by atoms with Crippen LogP contribution in [0.1, 0.15) is 51.3 Å². The van der Waals surface area contributed by atoms with Crippen molar-refractivity contribution in [1.82, 2.24) is 10.6 Å². The highest BCUT2D eigenvalue weighted by atomic mass is 14.9. The molecule has 0 amide bonds. The first-order valence-corrected chi connectivity index (χ1v) is 9.35. The fraction of sp³-hybridized carbons (Fsp3) is 0.478. The van der Waals surface area contributed by atoms with Gasteiger partial charge in [0.05, 0.1) is 0 Å². The zero-order valence-corrected chi connectivity index (χ0v) is 16.5. The zero-order valence-electron chi connectivity index (χ0n) is 16.5. The molecule has 0 bridgehead atoms. The van der Waals surface area contributed by atoms with Crippen LogP contribution < -0.4 is 10.6 Å². The second kappa shape index (κ2) is 8.64. The molecule has 25 heavy (non-hydrogen) atoms. The summed E-state index contributed by atoms with van der Waals surface area (Å²) in [5.74, 6) is 0. The van der Waals surface area contributed by atoms with E-state index in [9.17, 15) is 0 Å². The minimum Gasteiger partial charge on any atom is -0.312 e. The number of hydrogen-bond donors (Lipinski definition) is 2. The molecule has 0 atom stereocenters. The largest absolute Gasteiger partial charge is 0.312 e. The third-order valence-corrected chi connectivity index (χ3v) is 4.32. The van der Waals surface area contributed by atoms with E-state index in [0.717, 1.165) is 25.9 Å². The Labute approximate surface area is 154 Å². The van der Waals surface area contributed by atoms with Gasteiger partial charge in [0.1, 0.15) is 0 Å². The van der Waals surface area contributed by atoms with Crippen LogP contribution in [0.25, 0.3) is 0 Å². The highest BCUT2D eigenvalue weighted by Gasteiger charge is 2.17. The van der Waals surface area contributed by atoms with Crippen molar-refractivity contribution in [2.75, 3.05) is 6.54 Å². The molecule has 2 rings (SSSR count). The van der Waals surface area contributed by atoms with Gasteiger partial charge in [0, 0.05) is 17.6 Å². The number of rotatable bonds is 8. The van der Waals surface area contributed by atoms with Crippen molar-refractivity contribution < 1.29 is 0 Å². The van der Waals surface area contributed by atoms with Crippen molar-refractivity contribution in [1.29, 1.82) is 0 Å². The van der Waals surface area contributed by atoms with Gasteiger partial charge in [-0.2, -0.15) is 0 Å². The molecule has 0 heterocycles. The Bertz CT molecular complexity index is 639. The van der Waals surface area contributed by atoms with Gasteiger partial charge in [0.2, 0.25) is 0 Å². The Kier molecular flexibility index (Phi) is 6.80. The number of benzene rings is 2. The van der Waals surface area contributed by atoms with E-state index in [-0.39, 0.29) is 11.1 Å². The smallest absolute Gasteiger partial charge is 0.0210 e. The maximum atomic E-state index is 3.69. The second-order valence-corrected chi connectivity index (χ2v) is 8.65. The molecule has 136 valence electrons. The lowest BCUT2D eigenvalue weighted by Crippen LogP contribution is -2.40. The third kappa shape index (κ3) is 7.85. The van der Waals surface area contributed by atoms with Gasteiger partial charge in [0.25, 0.3) is 0 Å². The van der Waals surface area contributed by atoms with Crippen molar-refractivity contribution in [2.24, 2.45) is 0 Å². The van der Waals surface area contributed by atoms with Gasteiger partial charge >= 0.3 is 0 Å². The molecule has 0 fully saturated rings. The molecule has 2 N–H and O–H groups in total. The van der Waals surface area contributed by atoms with E-state index >= 15 is 0 Å². The van der Waals surface area contributed by atoms with E-state index in [0.29, 0.717) is 0 Å². The molecular weight excluding hydrogens is 304 g/mol. The van der Waals surface area contributed by atoms with Crippen LogP contribution in [0.3, 0.4) is 0 Å². The van der Waals surface area contributed by atoms with Crippen LogP contribution in [0, 0.1) is 0 Å². The van der Waals surface area contributed by atoms with Gasteiger partial charge in [0.15, 0.2) is 0 Å². The predicted octanol–water partition coefficient (Wildman–Crippen LogP) is 4.73. The lowest BCUT2D eigenvalue weighted by Gasteiger charge is -2.27. The topological polar surface area (TPSA) is 24.1 Å². The Balaban J connectivity index is 1.89. The molecule has 0 radical (unpaired) electrons. The molecule has 2 heteroatoms. The van der Waals surface area contributed by atoms with Gasteiger partial charge in [-0.3, -0.25) is 0 Å². The summed E-state index contributed by atoms with van der Waals surface area (Å²) in [5, 5.41) is 7.26. The molecule has 0 aromatic heterocycles. The molecule has 0 aliphatic heterocycles. The molecule has 2 aromatic carbocycles. The summed E-state index contributed by atoms with van der Waals surface area (Å²) in [4.78, 5) is 0. The van der Waals surface area contributed by atoms with Gasteiger partial charge < -0.3 is 10.6 Å². The molecule has 0 saturated carbocycles. The van der Waals surface area contributed by atoms with Crippen molar-refractivity contribution >= 4 is 0 Å². The monoisotopic (exact) mass is 338 g/mol. The van der Waals surface area contributed by atoms with Gasteiger partial charge in [-0.15, -0.1) is 0 Å². The van der Waals surface area contributed by atoms with Gasteiger partial charge in [-0.05, 0) is 70.7 Å². The Morgan fingerprint density at radius 3 is 2.04 bits per heavy atom. The van der Waals surface area contributed by atoms with Crippen LogP contribution in [0.5, 0.6) is 0 Å². The molecule has 0 spiro atoms. The first-order valence-electron chi connectivity index (χ1n) is 9.35. The standard InChI is InChI=1S/C23H34N2/c1-22(2,3)24-15-14-19-12-9-13-21(16-19)17-23(4,5)25-18-20-10-7-6-8-11-20/h6-13,16,24-25H,14-15,17-18H2,1-5H3. The Hall–Kier alpha value is -1.64. The minimum atomic E-state index is 0.0676. The fourth-order valence-electron chi connectivity index (χ4n) is 2.99. The van der Waals surface area contributed by atoms with Crippen LogP contribution in [0.4, 0.5) is 0 Å². The summed E-state index contributed by atoms with van der Waals surface area (Å²) in [7, 11) is 0. The second-order valence-electron chi connectivity index (χ2n) is 8.65. The van der Waals surface area contributed by atoms with Crippen LogP contribution in [0.2, 0.25) is 0 Å². The maximum Gasteiger partial charge on any atom is 0.0210 e. The Morgan fingerprint density at radius 2 is 1.36 bits per heavy atom. The van der Waals surface area contributed by atoms with E-state index in [2.05, 4.69) is 99.8 Å². The molecule has 0 saturated heterocycles. The van der Waals surface area contributed by atoms with Gasteiger partial charge in [-0.25, -0.2) is 0 Å². The van der Waals surface area contributed by atoms with Crippen molar-refractivity contribution in [3.05, 3.63) is 71.3 Å². The van der Waals surface area contributed by atoms with E-state index in [1.54, 1.807) is 0 Å². The average molecular weight is 339 g/mol. The van der Waals surface area contributed by atoms with Gasteiger partial charge in [-0.1, -0.05) is 54.6 Å². The number of hydrogen-bond acceptors (Lipinski definition) is 2. The summed E-state index contributed by atoms with van der Waals surface area (Å²) in [6.07, 6.45) is 2.10. The van der Waals surface area contributed by atoms with E-state index in [1.807, 2.05) is 0 Å². The highest BCUT2D eigenvalue weighted by Crippen LogP contribution is 2.16. The van der Waals surface area contributed by atoms with Crippen LogP contribution in [0.15, 0.2) is 54.6 Å². The summed E-state index contributed by atoms with van der Waals surface area (Å²) < 4.78 is 0. The van der Waals surface area contributed by atoms with E-state index in [4.69, 9.17) is 0 Å². The van der Waals surface area contributed by atoms with Crippen molar-refractivity contribution in [3.63, 3.8) is 0 Å². The Morgan fingerprint density at radius 1 is 0.720 bits per heavy atom. The summed E-state index contributed by atoms with van der Waals surface area (Å²) in [5.41, 5.74) is 4.39. The molecular formula is C23H34N2. The molecule has 0 aliphatic carbocycles. The highest BCUT2D eigenvalue weighted by molar-refractivity contribution is 5.25. The average Bonchev–Trinajstić information content (AvgIpc) is 2.53. The van der Waals surface area contributed by atoms with E-state index in [1.165, 1.54) is 16.7 Å². The van der Waals surface area contributed by atoms with Crippen molar-refractivity contribution in [2.45, 2.75) is 65.1 Å². The summed E-state index contributed by atoms with van der Waals surface area (Å²) in [6.45, 7) is 13.1. The molecule has 0 aliphatic rings. The zero-order chi connectivity index (χ0) is 18.3. The predicted molar refractivity (Wildman–Crippen MR) is 109 cm³/mol. The van der Waals surface area contributed by atoms with Crippen LogP contribution >= 0.6 is 0 Å². The fourth-order valence-corrected chi connectivity index (χ4v) is 2.99.